The van der Waals surface area contributed by atoms with E-state index in [-0.39, 0.29) is 34.8 Å². The van der Waals surface area contributed by atoms with E-state index in [2.05, 4.69) is 13.0 Å². The Morgan fingerprint density at radius 3 is 2.44 bits per heavy atom. The SMILES string of the molecule is CC(=O)Oc1ccc2c(c1)CC[C@@H]1[C@@H]2CC[C@@]2(C)[C@]13CC[C@@]2(OC(C)=O)[C@H](OC(C)=O)C3. The van der Waals surface area contributed by atoms with Gasteiger partial charge in [-0.15, -0.1) is 0 Å². The molecular formula is C26H32O6. The van der Waals surface area contributed by atoms with Crippen LogP contribution < -0.4 is 4.74 Å². The van der Waals surface area contributed by atoms with Gasteiger partial charge in [-0.3, -0.25) is 14.4 Å². The highest BCUT2D eigenvalue weighted by molar-refractivity contribution is 5.70. The fraction of sp³-hybridized carbons (Fsp3) is 0.654. The second kappa shape index (κ2) is 7.06. The topological polar surface area (TPSA) is 78.9 Å². The quantitative estimate of drug-likeness (QED) is 0.510. The molecule has 0 radical (unpaired) electrons. The Bertz CT molecular complexity index is 1000. The van der Waals surface area contributed by atoms with E-state index in [4.69, 9.17) is 14.2 Å². The summed E-state index contributed by atoms with van der Waals surface area (Å²) < 4.78 is 17.3. The summed E-state index contributed by atoms with van der Waals surface area (Å²) in [6.45, 7) is 6.61. The molecule has 4 aliphatic rings. The van der Waals surface area contributed by atoms with Crippen molar-refractivity contribution in [2.45, 2.75) is 90.3 Å². The molecule has 0 unspecified atom stereocenters. The molecule has 0 aliphatic heterocycles. The van der Waals surface area contributed by atoms with Crippen molar-refractivity contribution < 1.29 is 28.6 Å². The number of fused-ring (bicyclic) bond motifs is 3. The number of ether oxygens (including phenoxy) is 3. The molecule has 3 fully saturated rings. The largest absolute Gasteiger partial charge is 0.458 e. The maximum atomic E-state index is 12.2. The van der Waals surface area contributed by atoms with Crippen LogP contribution in [0.25, 0.3) is 0 Å². The lowest BCUT2D eigenvalue weighted by Crippen LogP contribution is -2.55. The van der Waals surface area contributed by atoms with Crippen molar-refractivity contribution >= 4 is 17.9 Å². The maximum Gasteiger partial charge on any atom is 0.308 e. The third-order valence-electron chi connectivity index (χ3n) is 9.33. The minimum Gasteiger partial charge on any atom is -0.458 e. The van der Waals surface area contributed by atoms with Crippen molar-refractivity contribution in [2.24, 2.45) is 16.7 Å². The van der Waals surface area contributed by atoms with Crippen LogP contribution in [0.5, 0.6) is 5.75 Å². The molecule has 1 aromatic rings. The molecule has 0 heterocycles. The highest BCUT2D eigenvalue weighted by atomic mass is 16.6. The molecule has 0 aromatic heterocycles. The third-order valence-corrected chi connectivity index (χ3v) is 9.33. The monoisotopic (exact) mass is 440 g/mol. The summed E-state index contributed by atoms with van der Waals surface area (Å²) in [5, 5.41) is 0. The van der Waals surface area contributed by atoms with Gasteiger partial charge in [-0.05, 0) is 85.5 Å². The Morgan fingerprint density at radius 2 is 1.75 bits per heavy atom. The first-order chi connectivity index (χ1) is 15.1. The Kier molecular flexibility index (Phi) is 4.74. The van der Waals surface area contributed by atoms with Crippen molar-refractivity contribution in [3.8, 4) is 5.75 Å². The zero-order valence-electron chi connectivity index (χ0n) is 19.4. The average Bonchev–Trinajstić information content (AvgIpc) is 3.06. The molecule has 3 saturated carbocycles. The van der Waals surface area contributed by atoms with Gasteiger partial charge in [0.2, 0.25) is 0 Å². The molecule has 0 N–H and O–H groups in total. The van der Waals surface area contributed by atoms with Gasteiger partial charge in [-0.25, -0.2) is 0 Å². The molecule has 6 atom stereocenters. The van der Waals surface area contributed by atoms with Crippen molar-refractivity contribution in [3.05, 3.63) is 29.3 Å². The zero-order chi connectivity index (χ0) is 22.9. The van der Waals surface area contributed by atoms with Gasteiger partial charge in [-0.1, -0.05) is 13.0 Å². The van der Waals surface area contributed by atoms with Crippen LogP contribution >= 0.6 is 0 Å². The summed E-state index contributed by atoms with van der Waals surface area (Å²) in [6.07, 6.45) is 6.05. The van der Waals surface area contributed by atoms with Crippen molar-refractivity contribution in [2.75, 3.05) is 0 Å². The van der Waals surface area contributed by atoms with E-state index in [9.17, 15) is 14.4 Å². The lowest BCUT2D eigenvalue weighted by molar-refractivity contribution is -0.197. The van der Waals surface area contributed by atoms with Crippen molar-refractivity contribution in [1.82, 2.24) is 0 Å². The van der Waals surface area contributed by atoms with Crippen LogP contribution in [-0.4, -0.2) is 29.6 Å². The fourth-order valence-electron chi connectivity index (χ4n) is 8.33. The van der Waals surface area contributed by atoms with Gasteiger partial charge in [0.25, 0.3) is 0 Å². The Balaban J connectivity index is 1.53. The Labute approximate surface area is 189 Å². The molecular weight excluding hydrogens is 408 g/mol. The molecule has 172 valence electrons. The first kappa shape index (κ1) is 21.5. The number of hydrogen-bond donors (Lipinski definition) is 0. The minimum atomic E-state index is -0.727. The van der Waals surface area contributed by atoms with Gasteiger partial charge in [0, 0.05) is 26.2 Å². The molecule has 0 amide bonds. The molecule has 5 rings (SSSR count). The fourth-order valence-corrected chi connectivity index (χ4v) is 8.33. The van der Waals surface area contributed by atoms with Gasteiger partial charge >= 0.3 is 17.9 Å². The first-order valence-electron chi connectivity index (χ1n) is 11.8. The van der Waals surface area contributed by atoms with E-state index in [1.165, 1.54) is 31.9 Å². The highest BCUT2D eigenvalue weighted by Crippen LogP contribution is 2.78. The number of esters is 3. The van der Waals surface area contributed by atoms with E-state index >= 15 is 0 Å². The molecule has 0 spiro atoms. The van der Waals surface area contributed by atoms with Crippen LogP contribution in [0.3, 0.4) is 0 Å². The van der Waals surface area contributed by atoms with E-state index in [1.807, 2.05) is 12.1 Å². The molecule has 0 saturated heterocycles. The number of hydrogen-bond acceptors (Lipinski definition) is 6. The molecule has 2 bridgehead atoms. The molecule has 6 heteroatoms. The van der Waals surface area contributed by atoms with Crippen LogP contribution in [0.2, 0.25) is 0 Å². The van der Waals surface area contributed by atoms with E-state index < -0.39 is 5.60 Å². The summed E-state index contributed by atoms with van der Waals surface area (Å²) in [4.78, 5) is 35.5. The van der Waals surface area contributed by atoms with E-state index in [0.717, 1.165) is 44.9 Å². The maximum absolute atomic E-state index is 12.2. The van der Waals surface area contributed by atoms with Crippen molar-refractivity contribution in [1.29, 1.82) is 0 Å². The summed E-state index contributed by atoms with van der Waals surface area (Å²) in [7, 11) is 0. The van der Waals surface area contributed by atoms with Crippen LogP contribution in [0.15, 0.2) is 18.2 Å². The van der Waals surface area contributed by atoms with Crippen LogP contribution in [0.1, 0.15) is 83.3 Å². The number of carbonyl (C=O) groups excluding carboxylic acids is 3. The number of rotatable bonds is 3. The van der Waals surface area contributed by atoms with Crippen molar-refractivity contribution in [3.63, 3.8) is 0 Å². The summed E-state index contributed by atoms with van der Waals surface area (Å²) in [6, 6.07) is 6.06. The van der Waals surface area contributed by atoms with Gasteiger partial charge in [-0.2, -0.15) is 0 Å². The Hall–Kier alpha value is -2.37. The molecule has 32 heavy (non-hydrogen) atoms. The smallest absolute Gasteiger partial charge is 0.308 e. The standard InChI is InChI=1S/C26H32O6/c1-15(27)30-19-6-7-20-18(13-19)5-8-22-21(20)9-10-24(4)25(22)11-12-26(24,32-17(3)29)23(14-25)31-16(2)28/h6-7,13,21-23H,5,8-12,14H2,1-4H3/t21-,22-,23-,24+,25+,26-/m1/s1. The zero-order valence-corrected chi connectivity index (χ0v) is 19.4. The first-order valence-corrected chi connectivity index (χ1v) is 11.8. The number of benzene rings is 1. The van der Waals surface area contributed by atoms with Gasteiger partial charge in [0.05, 0.1) is 0 Å². The van der Waals surface area contributed by atoms with Gasteiger partial charge in [0.15, 0.2) is 5.60 Å². The predicted octanol–water partition coefficient (Wildman–Crippen LogP) is 4.48. The summed E-state index contributed by atoms with van der Waals surface area (Å²) in [5.41, 5.74) is 1.67. The highest BCUT2D eigenvalue weighted by Gasteiger charge is 2.79. The van der Waals surface area contributed by atoms with E-state index in [1.54, 1.807) is 0 Å². The van der Waals surface area contributed by atoms with Gasteiger partial charge in [0.1, 0.15) is 11.9 Å². The predicted molar refractivity (Wildman–Crippen MR) is 116 cm³/mol. The minimum absolute atomic E-state index is 0.0161. The van der Waals surface area contributed by atoms with Gasteiger partial charge < -0.3 is 14.2 Å². The summed E-state index contributed by atoms with van der Waals surface area (Å²) in [5.74, 6) is 0.568. The van der Waals surface area contributed by atoms with Crippen LogP contribution in [0, 0.1) is 16.7 Å². The van der Waals surface area contributed by atoms with Crippen LogP contribution in [0.4, 0.5) is 0 Å². The molecule has 4 aliphatic carbocycles. The second-order valence-electron chi connectivity index (χ2n) is 10.5. The number of carbonyl (C=O) groups is 3. The molecule has 6 nitrogen and oxygen atoms in total. The normalized spacial score (nSPS) is 38.8. The van der Waals surface area contributed by atoms with E-state index in [0.29, 0.717) is 17.6 Å². The Morgan fingerprint density at radius 1 is 0.969 bits per heavy atom. The lowest BCUT2D eigenvalue weighted by atomic mass is 9.48. The third kappa shape index (κ3) is 2.74. The summed E-state index contributed by atoms with van der Waals surface area (Å²) >= 11 is 0. The lowest BCUT2D eigenvalue weighted by Gasteiger charge is -2.56. The van der Waals surface area contributed by atoms with Crippen LogP contribution in [-0.2, 0) is 30.3 Å². The number of aryl methyl sites for hydroxylation is 1. The average molecular weight is 441 g/mol. The molecule has 1 aromatic carbocycles. The second-order valence-corrected chi connectivity index (χ2v) is 10.5.